The predicted octanol–water partition coefficient (Wildman–Crippen LogP) is 2.51. The molecule has 0 aliphatic heterocycles. The van der Waals surface area contributed by atoms with Crippen molar-refractivity contribution in [1.82, 2.24) is 10.2 Å². The van der Waals surface area contributed by atoms with E-state index in [1.165, 1.54) is 0 Å². The largest absolute Gasteiger partial charge is 0.355 e. The van der Waals surface area contributed by atoms with E-state index < -0.39 is 5.41 Å². The Labute approximate surface area is 156 Å². The summed E-state index contributed by atoms with van der Waals surface area (Å²) in [5.41, 5.74) is 6.72. The maximum absolute atomic E-state index is 12.6. The standard InChI is InChI=1S/C19H29N3O2.ClH/c1-14(16(20)15-9-5-4-6-10-15)17(23)21-13-19(11-7-8-12-19)18(24)22(2)3;/h4-6,9-10,14,16H,7-8,11-13,20H2,1-3H3,(H,21,23);1H. The molecule has 1 aromatic carbocycles. The third-order valence-electron chi connectivity index (χ3n) is 5.16. The maximum Gasteiger partial charge on any atom is 0.230 e. The molecule has 1 fully saturated rings. The molecule has 6 heteroatoms. The van der Waals surface area contributed by atoms with Gasteiger partial charge in [-0.1, -0.05) is 50.1 Å². The number of amides is 2. The first kappa shape index (κ1) is 21.5. The molecule has 1 saturated carbocycles. The van der Waals surface area contributed by atoms with Crippen molar-refractivity contribution in [2.24, 2.45) is 17.1 Å². The first-order valence-electron chi connectivity index (χ1n) is 8.67. The van der Waals surface area contributed by atoms with Crippen LogP contribution >= 0.6 is 12.4 Å². The van der Waals surface area contributed by atoms with Crippen LogP contribution in [0, 0.1) is 11.3 Å². The van der Waals surface area contributed by atoms with E-state index in [4.69, 9.17) is 5.73 Å². The van der Waals surface area contributed by atoms with Gasteiger partial charge in [0.05, 0.1) is 11.3 Å². The van der Waals surface area contributed by atoms with E-state index in [0.29, 0.717) is 6.54 Å². The van der Waals surface area contributed by atoms with Crippen molar-refractivity contribution in [2.45, 2.75) is 38.6 Å². The Kier molecular flexibility index (Phi) is 7.90. The number of halogens is 1. The summed E-state index contributed by atoms with van der Waals surface area (Å²) in [6.45, 7) is 2.23. The van der Waals surface area contributed by atoms with E-state index in [2.05, 4.69) is 5.32 Å². The molecule has 0 bridgehead atoms. The number of hydrogen-bond acceptors (Lipinski definition) is 3. The number of nitrogens with zero attached hydrogens (tertiary/aromatic N) is 1. The average molecular weight is 368 g/mol. The molecule has 3 N–H and O–H groups in total. The first-order chi connectivity index (χ1) is 11.4. The fourth-order valence-electron chi connectivity index (χ4n) is 3.54. The van der Waals surface area contributed by atoms with Crippen molar-refractivity contribution in [1.29, 1.82) is 0 Å². The lowest BCUT2D eigenvalue weighted by Gasteiger charge is -2.31. The lowest BCUT2D eigenvalue weighted by Crippen LogP contribution is -2.48. The van der Waals surface area contributed by atoms with E-state index in [9.17, 15) is 9.59 Å². The monoisotopic (exact) mass is 367 g/mol. The Bertz CT molecular complexity index is 571. The molecule has 0 saturated heterocycles. The first-order valence-corrected chi connectivity index (χ1v) is 8.67. The van der Waals surface area contributed by atoms with Crippen LogP contribution in [0.4, 0.5) is 0 Å². The Hall–Kier alpha value is -1.59. The Morgan fingerprint density at radius 2 is 1.76 bits per heavy atom. The molecule has 0 heterocycles. The van der Waals surface area contributed by atoms with Gasteiger partial charge in [-0.25, -0.2) is 0 Å². The van der Waals surface area contributed by atoms with Gasteiger partial charge < -0.3 is 16.0 Å². The van der Waals surface area contributed by atoms with Gasteiger partial charge in [0.15, 0.2) is 0 Å². The molecule has 2 amide bonds. The van der Waals surface area contributed by atoms with Gasteiger partial charge in [0, 0.05) is 26.7 Å². The molecule has 5 nitrogen and oxygen atoms in total. The van der Waals surface area contributed by atoms with Gasteiger partial charge in [0.1, 0.15) is 0 Å². The molecule has 140 valence electrons. The number of benzene rings is 1. The number of carbonyl (C=O) groups is 2. The minimum atomic E-state index is -0.449. The summed E-state index contributed by atoms with van der Waals surface area (Å²) in [5.74, 6) is -0.329. The van der Waals surface area contributed by atoms with Crippen molar-refractivity contribution in [2.75, 3.05) is 20.6 Å². The van der Waals surface area contributed by atoms with E-state index in [1.807, 2.05) is 37.3 Å². The van der Waals surface area contributed by atoms with Crippen molar-refractivity contribution < 1.29 is 9.59 Å². The lowest BCUT2D eigenvalue weighted by atomic mass is 9.84. The molecule has 0 aromatic heterocycles. The third kappa shape index (κ3) is 4.95. The second-order valence-electron chi connectivity index (χ2n) is 7.13. The number of rotatable bonds is 6. The van der Waals surface area contributed by atoms with Gasteiger partial charge in [-0.15, -0.1) is 12.4 Å². The summed E-state index contributed by atoms with van der Waals surface area (Å²) in [6.07, 6.45) is 3.75. The van der Waals surface area contributed by atoms with Crippen LogP contribution in [0.3, 0.4) is 0 Å². The Morgan fingerprint density at radius 1 is 1.20 bits per heavy atom. The number of nitrogens with one attached hydrogen (secondary N) is 1. The van der Waals surface area contributed by atoms with Gasteiger partial charge in [0.25, 0.3) is 0 Å². The van der Waals surface area contributed by atoms with Crippen molar-refractivity contribution >= 4 is 24.2 Å². The van der Waals surface area contributed by atoms with Crippen molar-refractivity contribution in [3.05, 3.63) is 35.9 Å². The second-order valence-corrected chi connectivity index (χ2v) is 7.13. The summed E-state index contributed by atoms with van der Waals surface area (Å²) in [6, 6.07) is 9.28. The van der Waals surface area contributed by atoms with Crippen LogP contribution in [0.1, 0.15) is 44.2 Å². The summed E-state index contributed by atoms with van der Waals surface area (Å²) in [4.78, 5) is 26.7. The number of hydrogen-bond donors (Lipinski definition) is 2. The topological polar surface area (TPSA) is 75.4 Å². The van der Waals surface area contributed by atoms with Crippen LogP contribution in [0.25, 0.3) is 0 Å². The fraction of sp³-hybridized carbons (Fsp3) is 0.579. The minimum absolute atomic E-state index is 0. The highest BCUT2D eigenvalue weighted by Crippen LogP contribution is 2.39. The minimum Gasteiger partial charge on any atom is -0.355 e. The molecule has 2 atom stereocenters. The molecular formula is C19H30ClN3O2. The predicted molar refractivity (Wildman–Crippen MR) is 102 cm³/mol. The smallest absolute Gasteiger partial charge is 0.230 e. The quantitative estimate of drug-likeness (QED) is 0.811. The summed E-state index contributed by atoms with van der Waals surface area (Å²) >= 11 is 0. The third-order valence-corrected chi connectivity index (χ3v) is 5.16. The zero-order chi connectivity index (χ0) is 17.7. The second kappa shape index (κ2) is 9.20. The number of nitrogens with two attached hydrogens (primary N) is 1. The SMILES string of the molecule is CC(C(=O)NCC1(C(=O)N(C)C)CCCC1)C(N)c1ccccc1.Cl. The maximum atomic E-state index is 12.6. The summed E-state index contributed by atoms with van der Waals surface area (Å²) < 4.78 is 0. The lowest BCUT2D eigenvalue weighted by molar-refractivity contribution is -0.139. The van der Waals surface area contributed by atoms with Gasteiger partial charge in [0.2, 0.25) is 11.8 Å². The van der Waals surface area contributed by atoms with Crippen molar-refractivity contribution in [3.63, 3.8) is 0 Å². The van der Waals surface area contributed by atoms with Crippen LogP contribution in [0.5, 0.6) is 0 Å². The van der Waals surface area contributed by atoms with Gasteiger partial charge in [-0.3, -0.25) is 9.59 Å². The van der Waals surface area contributed by atoms with E-state index in [-0.39, 0.29) is 36.2 Å². The normalized spacial score (nSPS) is 17.9. The van der Waals surface area contributed by atoms with Crippen LogP contribution in [0.15, 0.2) is 30.3 Å². The molecule has 0 radical (unpaired) electrons. The highest BCUT2D eigenvalue weighted by Gasteiger charge is 2.42. The van der Waals surface area contributed by atoms with Gasteiger partial charge in [-0.2, -0.15) is 0 Å². The van der Waals surface area contributed by atoms with E-state index in [1.54, 1.807) is 19.0 Å². The highest BCUT2D eigenvalue weighted by atomic mass is 35.5. The molecule has 1 aliphatic carbocycles. The number of carbonyl (C=O) groups excluding carboxylic acids is 2. The Balaban J connectivity index is 0.00000312. The van der Waals surface area contributed by atoms with Crippen LogP contribution in [-0.2, 0) is 9.59 Å². The zero-order valence-electron chi connectivity index (χ0n) is 15.3. The molecule has 1 aliphatic rings. The van der Waals surface area contributed by atoms with E-state index in [0.717, 1.165) is 31.2 Å². The highest BCUT2D eigenvalue weighted by molar-refractivity contribution is 5.85. The van der Waals surface area contributed by atoms with Crippen LogP contribution in [-0.4, -0.2) is 37.4 Å². The Morgan fingerprint density at radius 3 is 2.28 bits per heavy atom. The summed E-state index contributed by atoms with van der Waals surface area (Å²) in [5, 5.41) is 2.99. The zero-order valence-corrected chi connectivity index (χ0v) is 16.1. The fourth-order valence-corrected chi connectivity index (χ4v) is 3.54. The summed E-state index contributed by atoms with van der Waals surface area (Å²) in [7, 11) is 3.55. The van der Waals surface area contributed by atoms with Gasteiger partial charge >= 0.3 is 0 Å². The molecule has 1 aromatic rings. The molecule has 25 heavy (non-hydrogen) atoms. The van der Waals surface area contributed by atoms with Crippen LogP contribution in [0.2, 0.25) is 0 Å². The average Bonchev–Trinajstić information content (AvgIpc) is 3.08. The van der Waals surface area contributed by atoms with Gasteiger partial charge in [-0.05, 0) is 18.4 Å². The molecule has 2 rings (SSSR count). The molecular weight excluding hydrogens is 338 g/mol. The van der Waals surface area contributed by atoms with E-state index >= 15 is 0 Å². The van der Waals surface area contributed by atoms with Crippen LogP contribution < -0.4 is 11.1 Å². The molecule has 0 spiro atoms. The van der Waals surface area contributed by atoms with Crippen molar-refractivity contribution in [3.8, 4) is 0 Å². The molecule has 2 unspecified atom stereocenters.